The Kier molecular flexibility index (Phi) is 3.99. The van der Waals surface area contributed by atoms with Crippen molar-refractivity contribution in [2.75, 3.05) is 11.9 Å². The topological polar surface area (TPSA) is 51.2 Å². The van der Waals surface area contributed by atoms with Crippen molar-refractivity contribution in [3.8, 4) is 0 Å². The molecule has 1 heterocycles. The monoisotopic (exact) mass is 254 g/mol. The zero-order chi connectivity index (χ0) is 12.1. The summed E-state index contributed by atoms with van der Waals surface area (Å²) in [6.45, 7) is 2.28. The number of nitrogens with one attached hydrogen (secondary N) is 1. The lowest BCUT2D eigenvalue weighted by Gasteiger charge is -2.35. The molecule has 1 aromatic heterocycles. The molecule has 0 unspecified atom stereocenters. The van der Waals surface area contributed by atoms with Crippen molar-refractivity contribution in [1.82, 2.24) is 4.98 Å². The molecule has 5 heteroatoms. The van der Waals surface area contributed by atoms with Crippen molar-refractivity contribution in [2.24, 2.45) is 0 Å². The second-order valence-electron chi connectivity index (χ2n) is 4.33. The van der Waals surface area contributed by atoms with Crippen LogP contribution in [0, 0.1) is 0 Å². The number of hydrogen-bond donors (Lipinski definition) is 1. The quantitative estimate of drug-likeness (QED) is 0.839. The van der Waals surface area contributed by atoms with Gasteiger partial charge in [-0.25, -0.2) is 9.78 Å². The second-order valence-corrected chi connectivity index (χ2v) is 5.22. The lowest BCUT2D eigenvalue weighted by Crippen LogP contribution is -2.49. The van der Waals surface area contributed by atoms with Crippen LogP contribution in [-0.2, 0) is 9.53 Å². The zero-order valence-corrected chi connectivity index (χ0v) is 10.9. The summed E-state index contributed by atoms with van der Waals surface area (Å²) in [6, 6.07) is 0. The van der Waals surface area contributed by atoms with Gasteiger partial charge in [-0.1, -0.05) is 19.3 Å². The van der Waals surface area contributed by atoms with Crippen LogP contribution in [0.3, 0.4) is 0 Å². The molecule has 0 aliphatic heterocycles. The van der Waals surface area contributed by atoms with Crippen molar-refractivity contribution in [1.29, 1.82) is 0 Å². The number of anilines is 1. The molecular weight excluding hydrogens is 236 g/mol. The number of carbonyl (C=O) groups excluding carboxylic acids is 1. The molecule has 0 atom stereocenters. The van der Waals surface area contributed by atoms with E-state index in [4.69, 9.17) is 4.74 Å². The minimum atomic E-state index is -0.549. The Bertz CT molecular complexity index is 359. The molecule has 1 N–H and O–H groups in total. The summed E-state index contributed by atoms with van der Waals surface area (Å²) in [6.07, 6.45) is 6.75. The first-order valence-corrected chi connectivity index (χ1v) is 7.00. The van der Waals surface area contributed by atoms with E-state index in [0.717, 1.165) is 30.8 Å². The minimum Gasteiger partial charge on any atom is -0.464 e. The fourth-order valence-electron chi connectivity index (χ4n) is 2.29. The molecular formula is C12H18N2O2S. The highest BCUT2D eigenvalue weighted by Crippen LogP contribution is 2.33. The van der Waals surface area contributed by atoms with Gasteiger partial charge < -0.3 is 10.1 Å². The Morgan fingerprint density at radius 1 is 1.53 bits per heavy atom. The fourth-order valence-corrected chi connectivity index (χ4v) is 2.92. The predicted octanol–water partition coefficient (Wildman–Crippen LogP) is 2.82. The maximum atomic E-state index is 12.1. The molecule has 1 aliphatic rings. The smallest absolute Gasteiger partial charge is 0.331 e. The van der Waals surface area contributed by atoms with Crippen LogP contribution < -0.4 is 5.32 Å². The SMILES string of the molecule is CCOC(=O)C1(Nc2nccs2)CCCCC1. The molecule has 0 radical (unpaired) electrons. The summed E-state index contributed by atoms with van der Waals surface area (Å²) >= 11 is 1.52. The van der Waals surface area contributed by atoms with Crippen LogP contribution in [0.5, 0.6) is 0 Å². The predicted molar refractivity (Wildman–Crippen MR) is 68.2 cm³/mol. The van der Waals surface area contributed by atoms with Crippen LogP contribution >= 0.6 is 11.3 Å². The molecule has 0 spiro atoms. The molecule has 4 nitrogen and oxygen atoms in total. The van der Waals surface area contributed by atoms with Gasteiger partial charge in [0.25, 0.3) is 0 Å². The molecule has 0 amide bonds. The lowest BCUT2D eigenvalue weighted by molar-refractivity contribution is -0.149. The van der Waals surface area contributed by atoms with Gasteiger partial charge >= 0.3 is 5.97 Å². The van der Waals surface area contributed by atoms with E-state index in [2.05, 4.69) is 10.3 Å². The number of ether oxygens (including phenoxy) is 1. The number of thiazole rings is 1. The molecule has 1 fully saturated rings. The van der Waals surface area contributed by atoms with Gasteiger partial charge in [-0.15, -0.1) is 11.3 Å². The molecule has 1 aliphatic carbocycles. The van der Waals surface area contributed by atoms with Gasteiger partial charge in [-0.3, -0.25) is 0 Å². The third-order valence-corrected chi connectivity index (χ3v) is 3.84. The van der Waals surface area contributed by atoms with Gasteiger partial charge in [0.1, 0.15) is 5.54 Å². The largest absolute Gasteiger partial charge is 0.464 e. The first-order chi connectivity index (χ1) is 8.27. The standard InChI is InChI=1S/C12H18N2O2S/c1-2-16-10(15)12(6-4-3-5-7-12)14-11-13-8-9-17-11/h8-9H,2-7H2,1H3,(H,13,14). The lowest BCUT2D eigenvalue weighted by atomic mass is 9.82. The highest BCUT2D eigenvalue weighted by molar-refractivity contribution is 7.13. The molecule has 0 aromatic carbocycles. The summed E-state index contributed by atoms with van der Waals surface area (Å²) in [5.74, 6) is -0.130. The third kappa shape index (κ3) is 2.77. The van der Waals surface area contributed by atoms with E-state index in [1.807, 2.05) is 12.3 Å². The van der Waals surface area contributed by atoms with E-state index >= 15 is 0 Å². The van der Waals surface area contributed by atoms with Crippen LogP contribution in [0.25, 0.3) is 0 Å². The molecule has 17 heavy (non-hydrogen) atoms. The highest BCUT2D eigenvalue weighted by atomic mass is 32.1. The first-order valence-electron chi connectivity index (χ1n) is 6.12. The van der Waals surface area contributed by atoms with Gasteiger partial charge in [-0.2, -0.15) is 0 Å². The maximum absolute atomic E-state index is 12.1. The average molecular weight is 254 g/mol. The van der Waals surface area contributed by atoms with Gasteiger partial charge in [0.2, 0.25) is 0 Å². The van der Waals surface area contributed by atoms with E-state index in [1.165, 1.54) is 17.8 Å². The Balaban J connectivity index is 2.14. The van der Waals surface area contributed by atoms with Crippen LogP contribution in [0.4, 0.5) is 5.13 Å². The van der Waals surface area contributed by atoms with E-state index in [0.29, 0.717) is 6.61 Å². The van der Waals surface area contributed by atoms with Crippen LogP contribution in [0.15, 0.2) is 11.6 Å². The van der Waals surface area contributed by atoms with Crippen molar-refractivity contribution in [3.63, 3.8) is 0 Å². The molecule has 94 valence electrons. The van der Waals surface area contributed by atoms with Crippen molar-refractivity contribution in [2.45, 2.75) is 44.6 Å². The molecule has 1 saturated carbocycles. The summed E-state index contributed by atoms with van der Waals surface area (Å²) in [4.78, 5) is 16.3. The van der Waals surface area contributed by atoms with Crippen molar-refractivity contribution < 1.29 is 9.53 Å². The third-order valence-electron chi connectivity index (χ3n) is 3.15. The van der Waals surface area contributed by atoms with Gasteiger partial charge in [0.15, 0.2) is 5.13 Å². The highest BCUT2D eigenvalue weighted by Gasteiger charge is 2.41. The zero-order valence-electron chi connectivity index (χ0n) is 10.1. The molecule has 0 bridgehead atoms. The maximum Gasteiger partial charge on any atom is 0.331 e. The Morgan fingerprint density at radius 3 is 2.88 bits per heavy atom. The van der Waals surface area contributed by atoms with E-state index in [1.54, 1.807) is 6.20 Å². The summed E-state index contributed by atoms with van der Waals surface area (Å²) < 4.78 is 5.21. The summed E-state index contributed by atoms with van der Waals surface area (Å²) in [5, 5.41) is 6.00. The number of carbonyl (C=O) groups is 1. The van der Waals surface area contributed by atoms with E-state index < -0.39 is 5.54 Å². The van der Waals surface area contributed by atoms with Gasteiger partial charge in [0, 0.05) is 11.6 Å². The first kappa shape index (κ1) is 12.4. The normalized spacial score (nSPS) is 18.6. The van der Waals surface area contributed by atoms with Crippen molar-refractivity contribution >= 4 is 22.4 Å². The summed E-state index contributed by atoms with van der Waals surface area (Å²) in [7, 11) is 0. The number of esters is 1. The van der Waals surface area contributed by atoms with Gasteiger partial charge in [-0.05, 0) is 19.8 Å². The Morgan fingerprint density at radius 2 is 2.29 bits per heavy atom. The second kappa shape index (κ2) is 5.49. The average Bonchev–Trinajstić information content (AvgIpc) is 2.83. The van der Waals surface area contributed by atoms with Crippen molar-refractivity contribution in [3.05, 3.63) is 11.6 Å². The van der Waals surface area contributed by atoms with E-state index in [9.17, 15) is 4.79 Å². The number of aromatic nitrogens is 1. The van der Waals surface area contributed by atoms with E-state index in [-0.39, 0.29) is 5.97 Å². The van der Waals surface area contributed by atoms with Crippen LogP contribution in [0.2, 0.25) is 0 Å². The number of hydrogen-bond acceptors (Lipinski definition) is 5. The van der Waals surface area contributed by atoms with Crippen LogP contribution in [0.1, 0.15) is 39.0 Å². The summed E-state index contributed by atoms with van der Waals surface area (Å²) in [5.41, 5.74) is -0.549. The Hall–Kier alpha value is -1.10. The number of nitrogens with zero attached hydrogens (tertiary/aromatic N) is 1. The number of rotatable bonds is 4. The molecule has 0 saturated heterocycles. The minimum absolute atomic E-state index is 0.130. The molecule has 1 aromatic rings. The fraction of sp³-hybridized carbons (Fsp3) is 0.667. The Labute approximate surface area is 105 Å². The molecule has 2 rings (SSSR count). The van der Waals surface area contributed by atoms with Crippen LogP contribution in [-0.4, -0.2) is 23.1 Å². The van der Waals surface area contributed by atoms with Gasteiger partial charge in [0.05, 0.1) is 6.61 Å².